The van der Waals surface area contributed by atoms with Crippen molar-refractivity contribution in [1.82, 2.24) is 0 Å². The first-order valence-electron chi connectivity index (χ1n) is 11.5. The molecule has 0 fully saturated rings. The lowest BCUT2D eigenvalue weighted by Gasteiger charge is -2.08. The van der Waals surface area contributed by atoms with E-state index in [9.17, 15) is 28.4 Å². The highest BCUT2D eigenvalue weighted by molar-refractivity contribution is 7.91. The lowest BCUT2D eigenvalue weighted by atomic mass is 10.0. The molecule has 0 aliphatic heterocycles. The van der Waals surface area contributed by atoms with E-state index in [4.69, 9.17) is 0 Å². The van der Waals surface area contributed by atoms with Gasteiger partial charge in [0, 0.05) is 12.1 Å². The highest BCUT2D eigenvalue weighted by Gasteiger charge is 2.24. The van der Waals surface area contributed by atoms with E-state index in [0.717, 1.165) is 43.9 Å². The number of carboxylic acid groups (broad SMARTS) is 1. The van der Waals surface area contributed by atoms with Crippen molar-refractivity contribution in [2.75, 3.05) is 5.75 Å². The predicted octanol–water partition coefficient (Wildman–Crippen LogP) is 6.55. The van der Waals surface area contributed by atoms with Crippen LogP contribution in [0.2, 0.25) is 0 Å². The number of nitro benzene ring substituents is 1. The van der Waals surface area contributed by atoms with Gasteiger partial charge in [-0.05, 0) is 12.5 Å². The molecule has 0 spiro atoms. The van der Waals surface area contributed by atoms with Gasteiger partial charge in [-0.15, -0.1) is 0 Å². The van der Waals surface area contributed by atoms with E-state index >= 15 is 0 Å². The molecule has 176 valence electrons. The van der Waals surface area contributed by atoms with Crippen LogP contribution in [0, 0.1) is 10.1 Å². The summed E-state index contributed by atoms with van der Waals surface area (Å²) in [5.74, 6) is -1.63. The summed E-state index contributed by atoms with van der Waals surface area (Å²) >= 11 is 0. The molecule has 1 rings (SSSR count). The van der Waals surface area contributed by atoms with Crippen LogP contribution in [0.4, 0.5) is 5.69 Å². The molecule has 31 heavy (non-hydrogen) atoms. The molecule has 0 saturated carbocycles. The molecule has 0 aromatic heterocycles. The molecule has 0 unspecified atom stereocenters. The van der Waals surface area contributed by atoms with Gasteiger partial charge in [-0.1, -0.05) is 90.4 Å². The zero-order valence-corrected chi connectivity index (χ0v) is 19.5. The number of carboxylic acids is 1. The number of rotatable bonds is 18. The lowest BCUT2D eigenvalue weighted by Crippen LogP contribution is -2.13. The van der Waals surface area contributed by atoms with Gasteiger partial charge in [0.1, 0.15) is 0 Å². The molecular weight excluding hydrogens is 418 g/mol. The second kappa shape index (κ2) is 14.9. The molecule has 0 saturated heterocycles. The van der Waals surface area contributed by atoms with Gasteiger partial charge < -0.3 is 5.11 Å². The van der Waals surface area contributed by atoms with Gasteiger partial charge in [0.15, 0.2) is 9.84 Å². The normalized spacial score (nSPS) is 11.5. The summed E-state index contributed by atoms with van der Waals surface area (Å²) < 4.78 is 25.0. The molecule has 1 aromatic carbocycles. The fourth-order valence-electron chi connectivity index (χ4n) is 3.67. The van der Waals surface area contributed by atoms with Gasteiger partial charge >= 0.3 is 5.97 Å². The quantitative estimate of drug-likeness (QED) is 0.152. The van der Waals surface area contributed by atoms with Crippen LogP contribution in [0.15, 0.2) is 23.1 Å². The van der Waals surface area contributed by atoms with Crippen LogP contribution in [0.5, 0.6) is 0 Å². The molecule has 0 aliphatic rings. The van der Waals surface area contributed by atoms with Crippen LogP contribution < -0.4 is 0 Å². The Morgan fingerprint density at radius 1 is 0.871 bits per heavy atom. The van der Waals surface area contributed by atoms with Crippen molar-refractivity contribution >= 4 is 21.5 Å². The lowest BCUT2D eigenvalue weighted by molar-refractivity contribution is -0.384. The summed E-state index contributed by atoms with van der Waals surface area (Å²) in [4.78, 5) is 21.1. The average Bonchev–Trinajstić information content (AvgIpc) is 2.73. The number of aromatic carboxylic acids is 1. The standard InChI is InChI=1S/C23H37NO6S/c1-2-3-4-5-6-7-8-9-10-11-12-13-14-15-18-31(29,30)22-17-16-20(24(27)28)19-21(22)23(25)26/h16-17,19H,2-15,18H2,1H3,(H,25,26). The maximum atomic E-state index is 12.5. The van der Waals surface area contributed by atoms with E-state index in [1.165, 1.54) is 57.8 Å². The van der Waals surface area contributed by atoms with Crippen molar-refractivity contribution < 1.29 is 23.2 Å². The number of sulfone groups is 1. The molecule has 7 nitrogen and oxygen atoms in total. The van der Waals surface area contributed by atoms with Crippen molar-refractivity contribution in [3.05, 3.63) is 33.9 Å². The molecule has 0 amide bonds. The monoisotopic (exact) mass is 455 g/mol. The predicted molar refractivity (Wildman–Crippen MR) is 122 cm³/mol. The minimum atomic E-state index is -3.80. The zero-order chi connectivity index (χ0) is 23.1. The minimum Gasteiger partial charge on any atom is -0.478 e. The van der Waals surface area contributed by atoms with Crippen LogP contribution in [0.3, 0.4) is 0 Å². The molecule has 0 radical (unpaired) electrons. The Morgan fingerprint density at radius 2 is 1.32 bits per heavy atom. The van der Waals surface area contributed by atoms with Crippen molar-refractivity contribution in [3.63, 3.8) is 0 Å². The van der Waals surface area contributed by atoms with E-state index in [0.29, 0.717) is 6.42 Å². The SMILES string of the molecule is CCCCCCCCCCCCCCCCS(=O)(=O)c1ccc([N+](=O)[O-])cc1C(=O)O. The average molecular weight is 456 g/mol. The van der Waals surface area contributed by atoms with Gasteiger partial charge in [-0.2, -0.15) is 0 Å². The van der Waals surface area contributed by atoms with Crippen molar-refractivity contribution in [2.45, 2.75) is 102 Å². The van der Waals surface area contributed by atoms with Crippen molar-refractivity contribution in [1.29, 1.82) is 0 Å². The summed E-state index contributed by atoms with van der Waals surface area (Å²) in [6.45, 7) is 2.23. The second-order valence-corrected chi connectivity index (χ2v) is 10.2. The molecule has 1 N–H and O–H groups in total. The fourth-order valence-corrected chi connectivity index (χ4v) is 5.23. The maximum Gasteiger partial charge on any atom is 0.337 e. The van der Waals surface area contributed by atoms with Gasteiger partial charge in [-0.3, -0.25) is 10.1 Å². The number of hydrogen-bond donors (Lipinski definition) is 1. The molecular formula is C23H37NO6S. The number of hydrogen-bond acceptors (Lipinski definition) is 5. The number of unbranched alkanes of at least 4 members (excludes halogenated alkanes) is 13. The molecule has 0 bridgehead atoms. The Labute approximate surface area is 186 Å². The third-order valence-electron chi connectivity index (χ3n) is 5.51. The zero-order valence-electron chi connectivity index (χ0n) is 18.7. The molecule has 0 aliphatic carbocycles. The first-order chi connectivity index (χ1) is 14.8. The van der Waals surface area contributed by atoms with Gasteiger partial charge in [0.2, 0.25) is 0 Å². The van der Waals surface area contributed by atoms with Crippen molar-refractivity contribution in [2.24, 2.45) is 0 Å². The van der Waals surface area contributed by atoms with Gasteiger partial charge in [-0.25, -0.2) is 13.2 Å². The summed E-state index contributed by atoms with van der Waals surface area (Å²) in [6, 6.07) is 2.87. The maximum absolute atomic E-state index is 12.5. The first-order valence-corrected chi connectivity index (χ1v) is 13.2. The van der Waals surface area contributed by atoms with E-state index in [-0.39, 0.29) is 10.6 Å². The summed E-state index contributed by atoms with van der Waals surface area (Å²) in [5.41, 5.74) is -0.979. The van der Waals surface area contributed by atoms with Crippen LogP contribution in [-0.4, -0.2) is 30.2 Å². The van der Waals surface area contributed by atoms with E-state index in [1.54, 1.807) is 0 Å². The number of non-ortho nitro benzene ring substituents is 1. The Hall–Kier alpha value is -1.96. The number of carbonyl (C=O) groups is 1. The topological polar surface area (TPSA) is 115 Å². The molecule has 8 heteroatoms. The summed E-state index contributed by atoms with van der Waals surface area (Å²) in [6.07, 6.45) is 16.2. The van der Waals surface area contributed by atoms with Crippen LogP contribution >= 0.6 is 0 Å². The number of nitrogens with zero attached hydrogens (tertiary/aromatic N) is 1. The van der Waals surface area contributed by atoms with Crippen molar-refractivity contribution in [3.8, 4) is 0 Å². The Balaban J connectivity index is 2.25. The summed E-state index contributed by atoms with van der Waals surface area (Å²) in [7, 11) is -3.80. The summed E-state index contributed by atoms with van der Waals surface area (Å²) in [5, 5.41) is 20.1. The van der Waals surface area contributed by atoms with Crippen LogP contribution in [0.1, 0.15) is 107 Å². The Morgan fingerprint density at radius 3 is 1.74 bits per heavy atom. The number of nitro groups is 1. The van der Waals surface area contributed by atoms with E-state index in [1.807, 2.05) is 0 Å². The fraction of sp³-hybridized carbons (Fsp3) is 0.696. The largest absolute Gasteiger partial charge is 0.478 e. The highest BCUT2D eigenvalue weighted by Crippen LogP contribution is 2.24. The highest BCUT2D eigenvalue weighted by atomic mass is 32.2. The second-order valence-electron chi connectivity index (χ2n) is 8.16. The van der Waals surface area contributed by atoms with Gasteiger partial charge in [0.05, 0.1) is 21.1 Å². The third-order valence-corrected chi connectivity index (χ3v) is 7.36. The van der Waals surface area contributed by atoms with Gasteiger partial charge in [0.25, 0.3) is 5.69 Å². The first kappa shape index (κ1) is 27.1. The Bertz CT molecular complexity index is 791. The molecule has 0 heterocycles. The Kier molecular flexibility index (Phi) is 13.1. The smallest absolute Gasteiger partial charge is 0.337 e. The molecule has 1 aromatic rings. The number of benzene rings is 1. The van der Waals surface area contributed by atoms with E-state index in [2.05, 4.69) is 6.92 Å². The van der Waals surface area contributed by atoms with E-state index < -0.39 is 32.0 Å². The third kappa shape index (κ3) is 10.8. The molecule has 0 atom stereocenters. The van der Waals surface area contributed by atoms with Crippen LogP contribution in [0.25, 0.3) is 0 Å². The minimum absolute atomic E-state index is 0.150. The van der Waals surface area contributed by atoms with Crippen LogP contribution in [-0.2, 0) is 9.84 Å².